The lowest BCUT2D eigenvalue weighted by atomic mass is 10.1. The van der Waals surface area contributed by atoms with Gasteiger partial charge in [-0.1, -0.05) is 0 Å². The van der Waals surface area contributed by atoms with Crippen LogP contribution in [-0.4, -0.2) is 51.0 Å². The van der Waals surface area contributed by atoms with E-state index in [0.717, 1.165) is 37.1 Å². The van der Waals surface area contributed by atoms with Crippen LogP contribution < -0.4 is 5.32 Å². The Bertz CT molecular complexity index is 626. The smallest absolute Gasteiger partial charge is 0.349 e. The van der Waals surface area contributed by atoms with Gasteiger partial charge in [-0.05, 0) is 37.3 Å². The summed E-state index contributed by atoms with van der Waals surface area (Å²) in [7, 11) is -2.40. The Morgan fingerprint density at radius 1 is 1.38 bits per heavy atom. The molecule has 0 saturated carbocycles. The van der Waals surface area contributed by atoms with Crippen molar-refractivity contribution in [2.45, 2.75) is 36.2 Å². The molecular formula is C13H18N2O4S2. The van der Waals surface area contributed by atoms with Gasteiger partial charge in [-0.2, -0.15) is 4.31 Å². The Hall–Kier alpha value is -0.960. The Balaban J connectivity index is 2.01. The van der Waals surface area contributed by atoms with Gasteiger partial charge in [-0.25, -0.2) is 13.2 Å². The lowest BCUT2D eigenvalue weighted by molar-refractivity contribution is 0.0602. The normalized spacial score (nSPS) is 26.5. The number of esters is 1. The van der Waals surface area contributed by atoms with Crippen LogP contribution in [0.4, 0.5) is 0 Å². The Morgan fingerprint density at radius 3 is 2.90 bits per heavy atom. The predicted molar refractivity (Wildman–Crippen MR) is 79.0 cm³/mol. The Morgan fingerprint density at radius 2 is 2.14 bits per heavy atom. The standard InChI is InChI=1S/C13H18N2O4S2/c1-19-13(16)12-11(5-7-20-12)21(17,18)15-9-2-3-10(15)8-14-6-4-9/h5,7,9-10,14H,2-4,6,8H2,1H3. The van der Waals surface area contributed by atoms with Crippen molar-refractivity contribution in [3.05, 3.63) is 16.3 Å². The molecule has 2 aliphatic heterocycles. The molecule has 1 aromatic rings. The summed E-state index contributed by atoms with van der Waals surface area (Å²) in [6, 6.07) is 1.51. The number of thiophene rings is 1. The molecule has 3 heterocycles. The predicted octanol–water partition coefficient (Wildman–Crippen LogP) is 1.05. The van der Waals surface area contributed by atoms with E-state index < -0.39 is 16.0 Å². The average molecular weight is 330 g/mol. The van der Waals surface area contributed by atoms with Gasteiger partial charge >= 0.3 is 5.97 Å². The van der Waals surface area contributed by atoms with Crippen molar-refractivity contribution < 1.29 is 17.9 Å². The fourth-order valence-electron chi connectivity index (χ4n) is 3.19. The van der Waals surface area contributed by atoms with E-state index in [4.69, 9.17) is 0 Å². The van der Waals surface area contributed by atoms with E-state index in [-0.39, 0.29) is 21.9 Å². The highest BCUT2D eigenvalue weighted by atomic mass is 32.2. The third-order valence-corrected chi connectivity index (χ3v) is 7.21. The van der Waals surface area contributed by atoms with E-state index >= 15 is 0 Å². The van der Waals surface area contributed by atoms with Crippen molar-refractivity contribution in [1.82, 2.24) is 9.62 Å². The molecule has 116 valence electrons. The van der Waals surface area contributed by atoms with Crippen LogP contribution in [0.3, 0.4) is 0 Å². The number of nitrogens with one attached hydrogen (secondary N) is 1. The second-order valence-corrected chi connectivity index (χ2v) is 8.05. The van der Waals surface area contributed by atoms with Crippen molar-refractivity contribution in [2.75, 3.05) is 20.2 Å². The molecular weight excluding hydrogens is 312 g/mol. The van der Waals surface area contributed by atoms with Crippen LogP contribution in [0.5, 0.6) is 0 Å². The molecule has 8 heteroatoms. The highest BCUT2D eigenvalue weighted by molar-refractivity contribution is 7.89. The van der Waals surface area contributed by atoms with Crippen molar-refractivity contribution in [3.63, 3.8) is 0 Å². The largest absolute Gasteiger partial charge is 0.465 e. The van der Waals surface area contributed by atoms with E-state index in [1.54, 1.807) is 9.69 Å². The lowest BCUT2D eigenvalue weighted by Crippen LogP contribution is -2.42. The molecule has 1 N–H and O–H groups in total. The second-order valence-electron chi connectivity index (χ2n) is 5.32. The number of carbonyl (C=O) groups is 1. The minimum absolute atomic E-state index is 0.0205. The molecule has 2 saturated heterocycles. The number of nitrogens with zero attached hydrogens (tertiary/aromatic N) is 1. The van der Waals surface area contributed by atoms with Gasteiger partial charge in [-0.3, -0.25) is 0 Å². The zero-order chi connectivity index (χ0) is 15.0. The highest BCUT2D eigenvalue weighted by Crippen LogP contribution is 2.36. The number of carbonyl (C=O) groups excluding carboxylic acids is 1. The number of fused-ring (bicyclic) bond motifs is 2. The van der Waals surface area contributed by atoms with E-state index in [1.165, 1.54) is 13.2 Å². The summed E-state index contributed by atoms with van der Waals surface area (Å²) in [6.45, 7) is 1.51. The summed E-state index contributed by atoms with van der Waals surface area (Å²) < 4.78 is 32.3. The van der Waals surface area contributed by atoms with Crippen LogP contribution >= 0.6 is 11.3 Å². The van der Waals surface area contributed by atoms with Crippen LogP contribution in [0.2, 0.25) is 0 Å². The van der Waals surface area contributed by atoms with Crippen LogP contribution in [0, 0.1) is 0 Å². The maximum atomic E-state index is 13.0. The van der Waals surface area contributed by atoms with Crippen LogP contribution in [0.25, 0.3) is 0 Å². The number of sulfonamides is 1. The summed E-state index contributed by atoms with van der Waals surface area (Å²) in [4.78, 5) is 12.0. The minimum Gasteiger partial charge on any atom is -0.465 e. The highest BCUT2D eigenvalue weighted by Gasteiger charge is 2.44. The molecule has 0 aromatic carbocycles. The minimum atomic E-state index is -3.66. The monoisotopic (exact) mass is 330 g/mol. The molecule has 2 unspecified atom stereocenters. The first-order valence-corrected chi connectivity index (χ1v) is 9.27. The van der Waals surface area contributed by atoms with Crippen LogP contribution in [-0.2, 0) is 14.8 Å². The van der Waals surface area contributed by atoms with Gasteiger partial charge in [0.05, 0.1) is 7.11 Å². The van der Waals surface area contributed by atoms with Crippen LogP contribution in [0.15, 0.2) is 16.3 Å². The van der Waals surface area contributed by atoms with Gasteiger partial charge in [0.2, 0.25) is 10.0 Å². The lowest BCUT2D eigenvalue weighted by Gasteiger charge is -2.26. The molecule has 3 rings (SSSR count). The van der Waals surface area contributed by atoms with Gasteiger partial charge in [0.25, 0.3) is 0 Å². The molecule has 1 aromatic heterocycles. The number of hydrogen-bond donors (Lipinski definition) is 1. The molecule has 6 nitrogen and oxygen atoms in total. The first-order valence-electron chi connectivity index (χ1n) is 6.95. The third kappa shape index (κ3) is 2.50. The number of methoxy groups -OCH3 is 1. The van der Waals surface area contributed by atoms with Crippen molar-refractivity contribution in [3.8, 4) is 0 Å². The van der Waals surface area contributed by atoms with Crippen LogP contribution in [0.1, 0.15) is 28.9 Å². The second kappa shape index (κ2) is 5.68. The van der Waals surface area contributed by atoms with E-state index in [0.29, 0.717) is 6.54 Å². The molecule has 0 spiro atoms. The van der Waals surface area contributed by atoms with Gasteiger partial charge in [0, 0.05) is 18.6 Å². The maximum Gasteiger partial charge on any atom is 0.349 e. The number of rotatable bonds is 3. The molecule has 0 aliphatic carbocycles. The summed E-state index contributed by atoms with van der Waals surface area (Å²) in [5.41, 5.74) is 0. The fraction of sp³-hybridized carbons (Fsp3) is 0.615. The molecule has 21 heavy (non-hydrogen) atoms. The number of hydrogen-bond acceptors (Lipinski definition) is 6. The Labute approximate surface area is 128 Å². The van der Waals surface area contributed by atoms with E-state index in [2.05, 4.69) is 10.1 Å². The topological polar surface area (TPSA) is 75.7 Å². The zero-order valence-corrected chi connectivity index (χ0v) is 13.4. The zero-order valence-electron chi connectivity index (χ0n) is 11.7. The molecule has 2 aliphatic rings. The maximum absolute atomic E-state index is 13.0. The van der Waals surface area contributed by atoms with Gasteiger partial charge in [0.15, 0.2) is 0 Å². The van der Waals surface area contributed by atoms with Gasteiger partial charge in [-0.15, -0.1) is 11.3 Å². The molecule has 2 atom stereocenters. The summed E-state index contributed by atoms with van der Waals surface area (Å²) in [5, 5.41) is 4.90. The Kier molecular flexibility index (Phi) is 4.04. The molecule has 0 amide bonds. The van der Waals surface area contributed by atoms with Crippen molar-refractivity contribution in [1.29, 1.82) is 0 Å². The quantitative estimate of drug-likeness (QED) is 0.839. The number of ether oxygens (including phenoxy) is 1. The van der Waals surface area contributed by atoms with E-state index in [1.807, 2.05) is 0 Å². The van der Waals surface area contributed by atoms with Crippen molar-refractivity contribution >= 4 is 27.3 Å². The molecule has 2 fully saturated rings. The SMILES string of the molecule is COC(=O)c1sccc1S(=O)(=O)N1C2CCNCC1CC2. The fourth-order valence-corrected chi connectivity index (χ4v) is 6.40. The summed E-state index contributed by atoms with van der Waals surface area (Å²) in [6.07, 6.45) is 2.57. The first kappa shape index (κ1) is 15.0. The summed E-state index contributed by atoms with van der Waals surface area (Å²) in [5.74, 6) is -0.594. The molecule has 2 bridgehead atoms. The average Bonchev–Trinajstić information content (AvgIpc) is 3.02. The third-order valence-electron chi connectivity index (χ3n) is 4.14. The van der Waals surface area contributed by atoms with Crippen molar-refractivity contribution in [2.24, 2.45) is 0 Å². The van der Waals surface area contributed by atoms with E-state index in [9.17, 15) is 13.2 Å². The molecule has 0 radical (unpaired) electrons. The van der Waals surface area contributed by atoms with Gasteiger partial charge < -0.3 is 10.1 Å². The first-order chi connectivity index (χ1) is 10.1. The van der Waals surface area contributed by atoms with Gasteiger partial charge in [0.1, 0.15) is 9.77 Å². The summed E-state index contributed by atoms with van der Waals surface area (Å²) >= 11 is 1.11.